The van der Waals surface area contributed by atoms with Gasteiger partial charge in [-0.3, -0.25) is 9.48 Å². The molecule has 3 aromatic heterocycles. The fraction of sp³-hybridized carbons (Fsp3) is 0.450. The lowest BCUT2D eigenvalue weighted by atomic mass is 10.1. The van der Waals surface area contributed by atoms with Crippen LogP contribution in [0.1, 0.15) is 19.8 Å². The average Bonchev–Trinajstić information content (AvgIpc) is 3.06. The van der Waals surface area contributed by atoms with E-state index >= 15 is 0 Å². The molecule has 0 bridgehead atoms. The van der Waals surface area contributed by atoms with Gasteiger partial charge in [0.1, 0.15) is 12.3 Å². The topological polar surface area (TPSA) is 85.5 Å². The highest BCUT2D eigenvalue weighted by atomic mass is 16.5. The molecule has 3 aromatic rings. The highest BCUT2D eigenvalue weighted by Crippen LogP contribution is 2.38. The van der Waals surface area contributed by atoms with Crippen LogP contribution in [0.15, 0.2) is 30.6 Å². The number of carbonyl (C=O) groups excluding carboxylic acids is 1. The Bertz CT molecular complexity index is 1030. The molecule has 0 spiro atoms. The number of nitrogens with one attached hydrogen (secondary N) is 2. The number of hydrogen-bond donors (Lipinski definition) is 2. The third-order valence-corrected chi connectivity index (χ3v) is 5.71. The van der Waals surface area contributed by atoms with E-state index in [1.165, 1.54) is 0 Å². The van der Waals surface area contributed by atoms with Gasteiger partial charge < -0.3 is 15.4 Å². The van der Waals surface area contributed by atoms with Gasteiger partial charge in [0, 0.05) is 36.8 Å². The molecule has 0 radical (unpaired) electrons. The number of anilines is 1. The standard InChI is InChI=1S/C20H24N6O2/c1-12-7-16(12)20(27)23-18-9-15-8-13(4-6-26(15)24-18)19-17(10-22-25(19)2)28-11-14-3-5-21-14/h4,6,8-10,12,14,16,21H,3,5,7,11H2,1-2H3,(H,23,24,27)/t12-,14+,16-/m0/s1. The van der Waals surface area contributed by atoms with E-state index in [1.54, 1.807) is 10.7 Å². The van der Waals surface area contributed by atoms with E-state index in [0.717, 1.165) is 41.9 Å². The first-order valence-electron chi connectivity index (χ1n) is 9.77. The van der Waals surface area contributed by atoms with Gasteiger partial charge in [-0.05, 0) is 37.4 Å². The van der Waals surface area contributed by atoms with E-state index in [1.807, 2.05) is 36.1 Å². The van der Waals surface area contributed by atoms with Gasteiger partial charge in [0.15, 0.2) is 11.6 Å². The lowest BCUT2D eigenvalue weighted by Crippen LogP contribution is -2.46. The monoisotopic (exact) mass is 380 g/mol. The fourth-order valence-corrected chi connectivity index (χ4v) is 3.64. The summed E-state index contributed by atoms with van der Waals surface area (Å²) in [6.07, 6.45) is 5.76. The van der Waals surface area contributed by atoms with Crippen molar-refractivity contribution in [1.82, 2.24) is 24.7 Å². The van der Waals surface area contributed by atoms with Crippen molar-refractivity contribution in [2.75, 3.05) is 18.5 Å². The third kappa shape index (κ3) is 3.13. The van der Waals surface area contributed by atoms with Gasteiger partial charge >= 0.3 is 0 Å². The summed E-state index contributed by atoms with van der Waals surface area (Å²) in [4.78, 5) is 12.2. The minimum Gasteiger partial charge on any atom is -0.488 e. The molecule has 2 aliphatic rings. The van der Waals surface area contributed by atoms with E-state index in [4.69, 9.17) is 4.74 Å². The molecule has 8 nitrogen and oxygen atoms in total. The van der Waals surface area contributed by atoms with Crippen molar-refractivity contribution in [3.8, 4) is 17.0 Å². The van der Waals surface area contributed by atoms with Crippen LogP contribution < -0.4 is 15.4 Å². The normalized spacial score (nSPS) is 23.4. The largest absolute Gasteiger partial charge is 0.488 e. The highest BCUT2D eigenvalue weighted by molar-refractivity contribution is 5.94. The number of aromatic nitrogens is 4. The lowest BCUT2D eigenvalue weighted by Gasteiger charge is -2.27. The minimum absolute atomic E-state index is 0.0584. The van der Waals surface area contributed by atoms with Gasteiger partial charge in [-0.1, -0.05) is 6.92 Å². The molecule has 8 heteroatoms. The van der Waals surface area contributed by atoms with Crippen LogP contribution in [0, 0.1) is 11.8 Å². The summed E-state index contributed by atoms with van der Waals surface area (Å²) in [6.45, 7) is 3.79. The van der Waals surface area contributed by atoms with Crippen molar-refractivity contribution in [2.24, 2.45) is 18.9 Å². The first-order valence-corrected chi connectivity index (χ1v) is 9.77. The Labute approximate surface area is 162 Å². The molecule has 0 aromatic carbocycles. The quantitative estimate of drug-likeness (QED) is 0.684. The van der Waals surface area contributed by atoms with E-state index in [9.17, 15) is 4.79 Å². The zero-order chi connectivity index (χ0) is 19.3. The van der Waals surface area contributed by atoms with Gasteiger partial charge in [0.2, 0.25) is 5.91 Å². The van der Waals surface area contributed by atoms with Crippen molar-refractivity contribution >= 4 is 17.2 Å². The van der Waals surface area contributed by atoms with Crippen LogP contribution in [-0.4, -0.2) is 44.5 Å². The maximum absolute atomic E-state index is 12.2. The first-order chi connectivity index (χ1) is 13.6. The number of rotatable bonds is 6. The van der Waals surface area contributed by atoms with Crippen LogP contribution in [0.5, 0.6) is 5.75 Å². The van der Waals surface area contributed by atoms with Gasteiger partial charge in [-0.2, -0.15) is 10.2 Å². The van der Waals surface area contributed by atoms with Crippen molar-refractivity contribution < 1.29 is 9.53 Å². The average molecular weight is 380 g/mol. The molecule has 28 heavy (non-hydrogen) atoms. The number of pyridine rings is 1. The predicted molar refractivity (Wildman–Crippen MR) is 105 cm³/mol. The first kappa shape index (κ1) is 17.2. The molecule has 0 unspecified atom stereocenters. The van der Waals surface area contributed by atoms with E-state index in [-0.39, 0.29) is 11.8 Å². The molecule has 1 aliphatic heterocycles. The second-order valence-electron chi connectivity index (χ2n) is 7.85. The number of ether oxygens (including phenoxy) is 1. The number of carbonyl (C=O) groups is 1. The van der Waals surface area contributed by atoms with Gasteiger partial charge in [0.25, 0.3) is 0 Å². The molecular weight excluding hydrogens is 356 g/mol. The van der Waals surface area contributed by atoms with Gasteiger partial charge in [-0.25, -0.2) is 4.52 Å². The number of hydrogen-bond acceptors (Lipinski definition) is 5. The Hall–Kier alpha value is -2.87. The Kier molecular flexibility index (Phi) is 4.08. The second kappa shape index (κ2) is 6.63. The maximum atomic E-state index is 12.2. The molecule has 4 heterocycles. The molecule has 2 N–H and O–H groups in total. The van der Waals surface area contributed by atoms with E-state index < -0.39 is 0 Å². The van der Waals surface area contributed by atoms with Crippen molar-refractivity contribution in [3.63, 3.8) is 0 Å². The SMILES string of the molecule is C[C@H]1C[C@@H]1C(=O)Nc1cc2cc(-c3c(OC[C@H]4CCN4)cnn3C)ccn2n1. The van der Waals surface area contributed by atoms with Crippen molar-refractivity contribution in [2.45, 2.75) is 25.8 Å². The molecule has 5 rings (SSSR count). The molecule has 1 saturated carbocycles. The second-order valence-corrected chi connectivity index (χ2v) is 7.85. The van der Waals surface area contributed by atoms with Crippen LogP contribution in [0.2, 0.25) is 0 Å². The third-order valence-electron chi connectivity index (χ3n) is 5.71. The van der Waals surface area contributed by atoms with Crippen molar-refractivity contribution in [1.29, 1.82) is 0 Å². The van der Waals surface area contributed by atoms with Crippen LogP contribution in [0.4, 0.5) is 5.82 Å². The van der Waals surface area contributed by atoms with Crippen LogP contribution in [0.3, 0.4) is 0 Å². The molecular formula is C20H24N6O2. The lowest BCUT2D eigenvalue weighted by molar-refractivity contribution is -0.117. The minimum atomic E-state index is 0.0584. The molecule has 1 amide bonds. The molecule has 1 saturated heterocycles. The smallest absolute Gasteiger partial charge is 0.228 e. The fourth-order valence-electron chi connectivity index (χ4n) is 3.64. The number of fused-ring (bicyclic) bond motifs is 1. The van der Waals surface area contributed by atoms with E-state index in [0.29, 0.717) is 24.4 Å². The highest BCUT2D eigenvalue weighted by Gasteiger charge is 2.39. The van der Waals surface area contributed by atoms with Gasteiger partial charge in [0.05, 0.1) is 11.7 Å². The predicted octanol–water partition coefficient (Wildman–Crippen LogP) is 2.07. The van der Waals surface area contributed by atoms with Crippen LogP contribution in [0.25, 0.3) is 16.8 Å². The van der Waals surface area contributed by atoms with Crippen LogP contribution >= 0.6 is 0 Å². The van der Waals surface area contributed by atoms with E-state index in [2.05, 4.69) is 27.8 Å². The maximum Gasteiger partial charge on any atom is 0.228 e. The summed E-state index contributed by atoms with van der Waals surface area (Å²) in [5.74, 6) is 2.01. The summed E-state index contributed by atoms with van der Waals surface area (Å²) in [6, 6.07) is 6.34. The molecule has 2 fully saturated rings. The zero-order valence-corrected chi connectivity index (χ0v) is 16.1. The van der Waals surface area contributed by atoms with Crippen LogP contribution in [-0.2, 0) is 11.8 Å². The molecule has 3 atom stereocenters. The summed E-state index contributed by atoms with van der Waals surface area (Å²) in [5, 5.41) is 15.1. The summed E-state index contributed by atoms with van der Waals surface area (Å²) in [7, 11) is 1.91. The molecule has 1 aliphatic carbocycles. The number of amides is 1. The Balaban J connectivity index is 1.38. The summed E-state index contributed by atoms with van der Waals surface area (Å²) >= 11 is 0. The number of nitrogens with zero attached hydrogens (tertiary/aromatic N) is 4. The number of aryl methyl sites for hydroxylation is 1. The Morgan fingerprint density at radius 3 is 2.96 bits per heavy atom. The van der Waals surface area contributed by atoms with Crippen molar-refractivity contribution in [3.05, 3.63) is 30.6 Å². The molecule has 146 valence electrons. The Morgan fingerprint density at radius 2 is 2.25 bits per heavy atom. The zero-order valence-electron chi connectivity index (χ0n) is 16.1. The Morgan fingerprint density at radius 1 is 1.43 bits per heavy atom. The summed E-state index contributed by atoms with van der Waals surface area (Å²) in [5.41, 5.74) is 2.84. The van der Waals surface area contributed by atoms with Gasteiger partial charge in [-0.15, -0.1) is 0 Å². The summed E-state index contributed by atoms with van der Waals surface area (Å²) < 4.78 is 9.60.